The van der Waals surface area contributed by atoms with E-state index in [2.05, 4.69) is 0 Å². The second-order valence-electron chi connectivity index (χ2n) is 4.61. The van der Waals surface area contributed by atoms with Gasteiger partial charge in [0.05, 0.1) is 0 Å². The normalized spacial score (nSPS) is 14.5. The van der Waals surface area contributed by atoms with Gasteiger partial charge >= 0.3 is 5.97 Å². The summed E-state index contributed by atoms with van der Waals surface area (Å²) in [6, 6.07) is 7.43. The number of rotatable bonds is 6. The highest BCUT2D eigenvalue weighted by molar-refractivity contribution is 6.30. The van der Waals surface area contributed by atoms with Crippen LogP contribution in [0.15, 0.2) is 24.3 Å². The van der Waals surface area contributed by atoms with E-state index in [4.69, 9.17) is 16.7 Å². The number of carbonyl (C=O) groups is 1. The molecule has 1 N–H and O–H groups in total. The summed E-state index contributed by atoms with van der Waals surface area (Å²) in [6.07, 6.45) is 1.42. The largest absolute Gasteiger partial charge is 0.480 e. The Kier molecular flexibility index (Phi) is 5.63. The number of aliphatic carboxylic acids is 1. The molecule has 0 aliphatic carbocycles. The molecule has 0 aromatic heterocycles. The Morgan fingerprint density at radius 2 is 1.94 bits per heavy atom. The van der Waals surface area contributed by atoms with Crippen molar-refractivity contribution in [3.63, 3.8) is 0 Å². The van der Waals surface area contributed by atoms with Crippen molar-refractivity contribution < 1.29 is 9.90 Å². The van der Waals surface area contributed by atoms with Crippen molar-refractivity contribution in [1.29, 1.82) is 0 Å². The zero-order valence-corrected chi connectivity index (χ0v) is 11.8. The molecule has 100 valence electrons. The lowest BCUT2D eigenvalue weighted by Crippen LogP contribution is -2.44. The summed E-state index contributed by atoms with van der Waals surface area (Å²) in [5, 5.41) is 9.86. The van der Waals surface area contributed by atoms with Crippen LogP contribution in [0, 0.1) is 0 Å². The average Bonchev–Trinajstić information content (AvgIpc) is 2.32. The van der Waals surface area contributed by atoms with E-state index in [1.807, 2.05) is 50.1 Å². The van der Waals surface area contributed by atoms with Gasteiger partial charge in [0, 0.05) is 11.1 Å². The summed E-state index contributed by atoms with van der Waals surface area (Å²) in [5.41, 5.74) is 1.17. The minimum Gasteiger partial charge on any atom is -0.480 e. The Hall–Kier alpha value is -1.06. The first kappa shape index (κ1) is 15.0. The van der Waals surface area contributed by atoms with Gasteiger partial charge in [-0.25, -0.2) is 0 Å². The highest BCUT2D eigenvalue weighted by atomic mass is 35.5. The maximum Gasteiger partial charge on any atom is 0.320 e. The molecule has 4 heteroatoms. The third kappa shape index (κ3) is 4.00. The molecule has 3 nitrogen and oxygen atoms in total. The molecule has 0 aliphatic rings. The Morgan fingerprint density at radius 3 is 2.39 bits per heavy atom. The van der Waals surface area contributed by atoms with Gasteiger partial charge in [0.25, 0.3) is 0 Å². The van der Waals surface area contributed by atoms with Crippen LogP contribution in [0.4, 0.5) is 0 Å². The monoisotopic (exact) mass is 269 g/mol. The first-order valence-electron chi connectivity index (χ1n) is 6.14. The predicted octanol–water partition coefficient (Wildman–Crippen LogP) is 3.07. The van der Waals surface area contributed by atoms with Gasteiger partial charge in [0.1, 0.15) is 6.04 Å². The van der Waals surface area contributed by atoms with Crippen LogP contribution in [0.3, 0.4) is 0 Å². The lowest BCUT2D eigenvalue weighted by atomic mass is 10.0. The van der Waals surface area contributed by atoms with Crippen LogP contribution in [0.2, 0.25) is 5.02 Å². The molecule has 0 saturated carbocycles. The number of halogens is 1. The number of hydrogen-bond acceptors (Lipinski definition) is 2. The first-order chi connectivity index (χ1) is 8.45. The Balaban J connectivity index is 2.66. The molecule has 1 aromatic carbocycles. The van der Waals surface area contributed by atoms with Gasteiger partial charge in [-0.3, -0.25) is 9.69 Å². The molecule has 0 bridgehead atoms. The van der Waals surface area contributed by atoms with Crippen LogP contribution in [0.1, 0.15) is 25.8 Å². The van der Waals surface area contributed by atoms with Gasteiger partial charge in [-0.1, -0.05) is 30.7 Å². The van der Waals surface area contributed by atoms with Crippen molar-refractivity contribution in [3.8, 4) is 0 Å². The number of hydrogen-bond donors (Lipinski definition) is 1. The third-order valence-corrected chi connectivity index (χ3v) is 3.55. The van der Waals surface area contributed by atoms with Gasteiger partial charge in [-0.05, 0) is 44.5 Å². The quantitative estimate of drug-likeness (QED) is 0.863. The molecule has 18 heavy (non-hydrogen) atoms. The maximum absolute atomic E-state index is 11.1. The van der Waals surface area contributed by atoms with Crippen molar-refractivity contribution in [1.82, 2.24) is 4.90 Å². The summed E-state index contributed by atoms with van der Waals surface area (Å²) in [5.74, 6) is -0.761. The van der Waals surface area contributed by atoms with Crippen LogP contribution in [0.25, 0.3) is 0 Å². The number of nitrogens with zero attached hydrogens (tertiary/aromatic N) is 1. The van der Waals surface area contributed by atoms with Crippen molar-refractivity contribution in [2.24, 2.45) is 0 Å². The summed E-state index contributed by atoms with van der Waals surface area (Å²) in [6.45, 7) is 3.94. The van der Waals surface area contributed by atoms with E-state index in [1.165, 1.54) is 5.56 Å². The van der Waals surface area contributed by atoms with Gasteiger partial charge < -0.3 is 5.11 Å². The van der Waals surface area contributed by atoms with Crippen LogP contribution in [-0.4, -0.2) is 35.1 Å². The molecular weight excluding hydrogens is 250 g/mol. The zero-order chi connectivity index (χ0) is 13.7. The van der Waals surface area contributed by atoms with Crippen LogP contribution >= 0.6 is 11.6 Å². The standard InChI is InChI=1S/C14H20ClNO2/c1-4-13(14(17)18)16(3)10(2)9-11-5-7-12(15)8-6-11/h5-8,10,13H,4,9H2,1-3H3,(H,17,18). The van der Waals surface area contributed by atoms with Crippen molar-refractivity contribution in [2.45, 2.75) is 38.8 Å². The zero-order valence-electron chi connectivity index (χ0n) is 11.1. The summed E-state index contributed by atoms with van der Waals surface area (Å²) >= 11 is 5.84. The lowest BCUT2D eigenvalue weighted by Gasteiger charge is -2.30. The molecule has 0 heterocycles. The third-order valence-electron chi connectivity index (χ3n) is 3.30. The van der Waals surface area contributed by atoms with Gasteiger partial charge in [-0.15, -0.1) is 0 Å². The molecular formula is C14H20ClNO2. The van der Waals surface area contributed by atoms with Gasteiger partial charge in [0.15, 0.2) is 0 Å². The Bertz CT molecular complexity index is 391. The predicted molar refractivity (Wildman–Crippen MR) is 74.1 cm³/mol. The fourth-order valence-corrected chi connectivity index (χ4v) is 2.18. The molecule has 0 aliphatic heterocycles. The average molecular weight is 270 g/mol. The lowest BCUT2D eigenvalue weighted by molar-refractivity contribution is -0.143. The Labute approximate surface area is 113 Å². The number of likely N-dealkylation sites (N-methyl/N-ethyl adjacent to an activating group) is 1. The molecule has 0 amide bonds. The molecule has 0 spiro atoms. The van der Waals surface area contributed by atoms with E-state index < -0.39 is 12.0 Å². The fraction of sp³-hybridized carbons (Fsp3) is 0.500. The SMILES string of the molecule is CCC(C(=O)O)N(C)C(C)Cc1ccc(Cl)cc1. The fourth-order valence-electron chi connectivity index (χ4n) is 2.05. The molecule has 0 saturated heterocycles. The number of carboxylic acids is 1. The molecule has 0 fully saturated rings. The van der Waals surface area contributed by atoms with E-state index in [9.17, 15) is 4.79 Å². The van der Waals surface area contributed by atoms with Crippen LogP contribution in [0.5, 0.6) is 0 Å². The van der Waals surface area contributed by atoms with E-state index in [1.54, 1.807) is 0 Å². The second kappa shape index (κ2) is 6.76. The first-order valence-corrected chi connectivity index (χ1v) is 6.52. The van der Waals surface area contributed by atoms with E-state index >= 15 is 0 Å². The highest BCUT2D eigenvalue weighted by Crippen LogP contribution is 2.15. The van der Waals surface area contributed by atoms with Crippen molar-refractivity contribution in [3.05, 3.63) is 34.9 Å². The summed E-state index contributed by atoms with van der Waals surface area (Å²) in [4.78, 5) is 13.0. The van der Waals surface area contributed by atoms with E-state index in [0.29, 0.717) is 6.42 Å². The van der Waals surface area contributed by atoms with E-state index in [0.717, 1.165) is 11.4 Å². The molecule has 2 unspecified atom stereocenters. The minimum atomic E-state index is -0.761. The van der Waals surface area contributed by atoms with Crippen LogP contribution in [-0.2, 0) is 11.2 Å². The minimum absolute atomic E-state index is 0.173. The van der Waals surface area contributed by atoms with Crippen molar-refractivity contribution >= 4 is 17.6 Å². The Morgan fingerprint density at radius 1 is 1.39 bits per heavy atom. The molecule has 2 atom stereocenters. The smallest absolute Gasteiger partial charge is 0.320 e. The summed E-state index contributed by atoms with van der Waals surface area (Å²) in [7, 11) is 1.86. The van der Waals surface area contributed by atoms with Gasteiger partial charge in [0.2, 0.25) is 0 Å². The molecule has 1 rings (SSSR count). The maximum atomic E-state index is 11.1. The number of benzene rings is 1. The summed E-state index contributed by atoms with van der Waals surface area (Å²) < 4.78 is 0. The van der Waals surface area contributed by atoms with Crippen LogP contribution < -0.4 is 0 Å². The highest BCUT2D eigenvalue weighted by Gasteiger charge is 2.24. The topological polar surface area (TPSA) is 40.5 Å². The molecule has 0 radical (unpaired) electrons. The van der Waals surface area contributed by atoms with E-state index in [-0.39, 0.29) is 6.04 Å². The van der Waals surface area contributed by atoms with Crippen molar-refractivity contribution in [2.75, 3.05) is 7.05 Å². The number of carboxylic acid groups (broad SMARTS) is 1. The molecule has 1 aromatic rings. The van der Waals surface area contributed by atoms with Gasteiger partial charge in [-0.2, -0.15) is 0 Å². The second-order valence-corrected chi connectivity index (χ2v) is 5.04.